The second kappa shape index (κ2) is 8.74. The van der Waals surface area contributed by atoms with Crippen LogP contribution in [0.5, 0.6) is 11.5 Å². The minimum Gasteiger partial charge on any atom is -0.453 e. The second-order valence-electron chi connectivity index (χ2n) is 6.21. The highest BCUT2D eigenvalue weighted by molar-refractivity contribution is 8.14. The molecule has 2 N–H and O–H groups in total. The van der Waals surface area contributed by atoms with Crippen molar-refractivity contribution in [2.24, 2.45) is 4.99 Å². The number of halogens is 3. The van der Waals surface area contributed by atoms with Gasteiger partial charge in [0, 0.05) is 10.5 Å². The number of anilines is 1. The smallest absolute Gasteiger partial charge is 0.206 e. The zero-order chi connectivity index (χ0) is 21.1. The van der Waals surface area contributed by atoms with E-state index in [0.29, 0.717) is 22.5 Å². The number of ether oxygens (including phenoxy) is 1. The van der Waals surface area contributed by atoms with Gasteiger partial charge in [0.05, 0.1) is 12.2 Å². The Labute approximate surface area is 180 Å². The molecule has 8 heteroatoms. The van der Waals surface area contributed by atoms with E-state index >= 15 is 0 Å². The van der Waals surface area contributed by atoms with Crippen LogP contribution in [0, 0.1) is 23.8 Å². The minimum atomic E-state index is -0.507. The van der Waals surface area contributed by atoms with Crippen LogP contribution in [0.25, 0.3) is 0 Å². The van der Waals surface area contributed by atoms with E-state index in [1.165, 1.54) is 0 Å². The lowest BCUT2D eigenvalue weighted by Gasteiger charge is -2.26. The van der Waals surface area contributed by atoms with Gasteiger partial charge in [0.25, 0.3) is 0 Å². The lowest BCUT2D eigenvalue weighted by atomic mass is 10.2. The Morgan fingerprint density at radius 3 is 2.87 bits per heavy atom. The highest BCUT2D eigenvalue weighted by Gasteiger charge is 2.21. The molecule has 0 amide bonds. The molecule has 3 aromatic carbocycles. The van der Waals surface area contributed by atoms with Crippen molar-refractivity contribution in [1.82, 2.24) is 4.72 Å². The van der Waals surface area contributed by atoms with Crippen molar-refractivity contribution in [2.75, 3.05) is 5.32 Å². The lowest BCUT2D eigenvalue weighted by Crippen LogP contribution is -2.31. The van der Waals surface area contributed by atoms with Crippen LogP contribution in [-0.2, 0) is 6.54 Å². The summed E-state index contributed by atoms with van der Waals surface area (Å²) in [5, 5.41) is 5.52. The monoisotopic (exact) mass is 443 g/mol. The van der Waals surface area contributed by atoms with Gasteiger partial charge in [0.2, 0.25) is 5.96 Å². The first-order valence-electron chi connectivity index (χ1n) is 8.98. The molecule has 1 atom stereocenters. The van der Waals surface area contributed by atoms with Crippen LogP contribution in [0.15, 0.2) is 58.4 Å². The zero-order valence-electron chi connectivity index (χ0n) is 15.8. The Kier molecular flexibility index (Phi) is 5.88. The van der Waals surface area contributed by atoms with E-state index in [0.717, 1.165) is 28.8 Å². The van der Waals surface area contributed by atoms with E-state index in [1.807, 2.05) is 30.5 Å². The Morgan fingerprint density at radius 2 is 2.07 bits per heavy atom. The lowest BCUT2D eigenvalue weighted by molar-refractivity contribution is 0.484. The Bertz CT molecular complexity index is 1170. The first-order valence-corrected chi connectivity index (χ1v) is 10.6. The molecule has 30 heavy (non-hydrogen) atoms. The maximum absolute atomic E-state index is 13.9. The Morgan fingerprint density at radius 1 is 1.20 bits per heavy atom. The number of para-hydroxylation sites is 1. The molecule has 1 aliphatic rings. The number of aliphatic imine (C=N–C) groups is 1. The molecule has 3 aromatic rings. The van der Waals surface area contributed by atoms with Crippen molar-refractivity contribution in [1.29, 1.82) is 0 Å². The number of guanidine groups is 1. The number of nitrogens with zero attached hydrogens (tertiary/aromatic N) is 1. The molecule has 0 saturated carbocycles. The third-order valence-electron chi connectivity index (χ3n) is 4.26. The van der Waals surface area contributed by atoms with Gasteiger partial charge in [0.15, 0.2) is 11.5 Å². The summed E-state index contributed by atoms with van der Waals surface area (Å²) in [5.41, 5.74) is 0.893. The van der Waals surface area contributed by atoms with Gasteiger partial charge < -0.3 is 14.8 Å². The summed E-state index contributed by atoms with van der Waals surface area (Å²) in [4.78, 5) is 5.38. The zero-order valence-corrected chi connectivity index (χ0v) is 17.4. The molecule has 152 valence electrons. The van der Waals surface area contributed by atoms with Crippen LogP contribution < -0.4 is 14.8 Å². The standard InChI is InChI=1S/C22H16ClF2N3OS/c1-2-30-20-9-5-8-19(29-18-7-4-3-6-16(18)23)21(20)27-22(28-30)26-13-14-12-15(24)10-11-17(14)25/h2,4-5,7-12H,13H2,1H3,(H2,26,27,28). The number of hydrogen-bond acceptors (Lipinski definition) is 2. The molecule has 4 nitrogen and oxygen atoms in total. The van der Waals surface area contributed by atoms with Crippen molar-refractivity contribution in [3.05, 3.63) is 82.9 Å². The summed E-state index contributed by atoms with van der Waals surface area (Å²) in [6.07, 6.45) is 0. The minimum absolute atomic E-state index is 0.0203. The molecule has 0 saturated heterocycles. The Hall–Kier alpha value is -3.08. The molecule has 0 bridgehead atoms. The average molecular weight is 444 g/mol. The van der Waals surface area contributed by atoms with Crippen LogP contribution in [-0.4, -0.2) is 11.3 Å². The van der Waals surface area contributed by atoms with Crippen LogP contribution in [0.1, 0.15) is 12.5 Å². The van der Waals surface area contributed by atoms with Gasteiger partial charge >= 0.3 is 0 Å². The number of fused-ring (bicyclic) bond motifs is 1. The number of hydrogen-bond donors (Lipinski definition) is 2. The summed E-state index contributed by atoms with van der Waals surface area (Å²) in [5.74, 6) is 0.424. The van der Waals surface area contributed by atoms with E-state index in [9.17, 15) is 8.78 Å². The maximum atomic E-state index is 13.9. The first-order chi connectivity index (χ1) is 14.5. The van der Waals surface area contributed by atoms with Crippen molar-refractivity contribution in [3.8, 4) is 11.5 Å². The molecule has 4 rings (SSSR count). The summed E-state index contributed by atoms with van der Waals surface area (Å²) in [6, 6.07) is 17.9. The largest absolute Gasteiger partial charge is 0.453 e. The third kappa shape index (κ3) is 4.25. The van der Waals surface area contributed by atoms with Gasteiger partial charge in [-0.3, -0.25) is 0 Å². The number of benzene rings is 2. The van der Waals surface area contributed by atoms with E-state index in [2.05, 4.69) is 27.2 Å². The molecule has 1 heterocycles. The molecule has 0 spiro atoms. The fraction of sp³-hybridized carbons (Fsp3) is 0.0909. The summed E-state index contributed by atoms with van der Waals surface area (Å²) < 4.78 is 36.6. The van der Waals surface area contributed by atoms with Crippen LogP contribution in [0.3, 0.4) is 0 Å². The molecular weight excluding hydrogens is 428 g/mol. The highest BCUT2D eigenvalue weighted by Crippen LogP contribution is 2.42. The van der Waals surface area contributed by atoms with Gasteiger partial charge in [-0.15, -0.1) is 0 Å². The van der Waals surface area contributed by atoms with Crippen molar-refractivity contribution >= 4 is 39.3 Å². The van der Waals surface area contributed by atoms with Gasteiger partial charge in [0.1, 0.15) is 16.7 Å². The van der Waals surface area contributed by atoms with Gasteiger partial charge in [-0.2, -0.15) is 0 Å². The predicted molar refractivity (Wildman–Crippen MR) is 117 cm³/mol. The topological polar surface area (TPSA) is 45.7 Å². The summed E-state index contributed by atoms with van der Waals surface area (Å²) >= 11 is 6.15. The van der Waals surface area contributed by atoms with Crippen LogP contribution in [0.4, 0.5) is 14.5 Å². The normalized spacial score (nSPS) is 16.4. The molecule has 0 radical (unpaired) electrons. The quantitative estimate of drug-likeness (QED) is 0.490. The summed E-state index contributed by atoms with van der Waals surface area (Å²) in [6.45, 7) is 1.91. The number of nitrogens with one attached hydrogen (secondary N) is 2. The van der Waals surface area contributed by atoms with Crippen molar-refractivity contribution in [2.45, 2.75) is 18.4 Å². The maximum Gasteiger partial charge on any atom is 0.206 e. The molecule has 0 fully saturated rings. The van der Waals surface area contributed by atoms with E-state index in [-0.39, 0.29) is 12.1 Å². The third-order valence-corrected chi connectivity index (χ3v) is 6.24. The van der Waals surface area contributed by atoms with Crippen molar-refractivity contribution in [3.63, 3.8) is 0 Å². The first kappa shape index (κ1) is 20.2. The average Bonchev–Trinajstić information content (AvgIpc) is 2.75. The highest BCUT2D eigenvalue weighted by atomic mass is 35.5. The van der Waals surface area contributed by atoms with Gasteiger partial charge in [-0.1, -0.05) is 34.4 Å². The van der Waals surface area contributed by atoms with E-state index < -0.39 is 22.3 Å². The molecule has 0 aromatic heterocycles. The molecule has 1 unspecified atom stereocenters. The Balaban J connectivity index is 1.67. The predicted octanol–water partition coefficient (Wildman–Crippen LogP) is 5.95. The van der Waals surface area contributed by atoms with Crippen molar-refractivity contribution < 1.29 is 13.5 Å². The van der Waals surface area contributed by atoms with Crippen LogP contribution >= 0.6 is 22.3 Å². The second-order valence-corrected chi connectivity index (χ2v) is 8.38. The fourth-order valence-corrected chi connectivity index (χ4v) is 4.40. The SMILES string of the molecule is C/C=S1\NC(=NCc2cc(F)ccc2F)Nc2c(Oc3ccc#cc3Cl)cccc21. The molecule has 1 aliphatic heterocycles. The summed E-state index contributed by atoms with van der Waals surface area (Å²) in [7, 11) is -0.461. The van der Waals surface area contributed by atoms with E-state index in [1.54, 1.807) is 12.1 Å². The van der Waals surface area contributed by atoms with Gasteiger partial charge in [-0.25, -0.2) is 13.8 Å². The molecular formula is C22H16ClF2N3OS. The van der Waals surface area contributed by atoms with E-state index in [4.69, 9.17) is 16.3 Å². The van der Waals surface area contributed by atoms with Gasteiger partial charge in [-0.05, 0) is 60.8 Å². The number of rotatable bonds is 4. The fourth-order valence-electron chi connectivity index (χ4n) is 2.85. The van der Waals surface area contributed by atoms with Crippen LogP contribution in [0.2, 0.25) is 5.02 Å². The molecule has 0 aliphatic carbocycles.